The second-order valence-electron chi connectivity index (χ2n) is 7.42. The van der Waals surface area contributed by atoms with Crippen LogP contribution in [0.4, 0.5) is 4.79 Å². The number of urea groups is 1. The fraction of sp³-hybridized carbons (Fsp3) is 0.867. The number of carbonyl (C=O) groups is 2. The van der Waals surface area contributed by atoms with E-state index in [4.69, 9.17) is 5.11 Å². The van der Waals surface area contributed by atoms with Gasteiger partial charge >= 0.3 is 12.0 Å². The molecule has 0 spiro atoms. The largest absolute Gasteiger partial charge is 0.481 e. The third-order valence-corrected chi connectivity index (χ3v) is 6.26. The summed E-state index contributed by atoms with van der Waals surface area (Å²) in [6.07, 6.45) is 5.06. The normalized spacial score (nSPS) is 41.7. The third kappa shape index (κ3) is 1.88. The van der Waals surface area contributed by atoms with Crippen LogP contribution in [-0.2, 0) is 4.79 Å². The second kappa shape index (κ2) is 4.35. The zero-order valence-electron chi connectivity index (χ0n) is 12.3. The van der Waals surface area contributed by atoms with Crippen LogP contribution in [0.2, 0.25) is 0 Å². The van der Waals surface area contributed by atoms with Gasteiger partial charge < -0.3 is 20.2 Å². The predicted octanol–water partition coefficient (Wildman–Crippen LogP) is 0.873. The van der Waals surface area contributed by atoms with E-state index in [1.807, 2.05) is 4.90 Å². The van der Waals surface area contributed by atoms with Crippen molar-refractivity contribution in [2.45, 2.75) is 50.1 Å². The van der Waals surface area contributed by atoms with E-state index in [0.29, 0.717) is 6.04 Å². The molecule has 2 aliphatic carbocycles. The Kier molecular flexibility index (Phi) is 2.77. The van der Waals surface area contributed by atoms with E-state index < -0.39 is 5.97 Å². The number of amides is 2. The van der Waals surface area contributed by atoms with Gasteiger partial charge in [0.05, 0.1) is 12.5 Å². The summed E-state index contributed by atoms with van der Waals surface area (Å²) in [6.45, 7) is 3.38. The Hall–Kier alpha value is -1.30. The van der Waals surface area contributed by atoms with E-state index >= 15 is 0 Å². The van der Waals surface area contributed by atoms with E-state index in [-0.39, 0.29) is 23.4 Å². The van der Waals surface area contributed by atoms with Crippen molar-refractivity contribution < 1.29 is 14.7 Å². The van der Waals surface area contributed by atoms with Crippen LogP contribution in [0.1, 0.15) is 38.5 Å². The van der Waals surface area contributed by atoms with Gasteiger partial charge in [-0.1, -0.05) is 0 Å². The topological polar surface area (TPSA) is 72.9 Å². The van der Waals surface area contributed by atoms with Gasteiger partial charge in [0.15, 0.2) is 0 Å². The van der Waals surface area contributed by atoms with Crippen LogP contribution in [0.5, 0.6) is 0 Å². The van der Waals surface area contributed by atoms with Crippen LogP contribution in [0.3, 0.4) is 0 Å². The zero-order valence-corrected chi connectivity index (χ0v) is 12.3. The molecule has 2 N–H and O–H groups in total. The Bertz CT molecular complexity index is 485. The summed E-state index contributed by atoms with van der Waals surface area (Å²) in [5.74, 6) is -0.693. The van der Waals surface area contributed by atoms with Crippen molar-refractivity contribution in [2.75, 3.05) is 26.2 Å². The molecular weight excluding hydrogens is 270 g/mol. The van der Waals surface area contributed by atoms with Crippen molar-refractivity contribution in [3.05, 3.63) is 0 Å². The summed E-state index contributed by atoms with van der Waals surface area (Å²) in [5.41, 5.74) is -0.0999. The molecule has 4 fully saturated rings. The molecule has 0 radical (unpaired) electrons. The molecule has 4 rings (SSSR count). The van der Waals surface area contributed by atoms with Gasteiger partial charge in [-0.25, -0.2) is 4.79 Å². The molecule has 0 aromatic carbocycles. The summed E-state index contributed by atoms with van der Waals surface area (Å²) >= 11 is 0. The minimum Gasteiger partial charge on any atom is -0.481 e. The highest BCUT2D eigenvalue weighted by molar-refractivity contribution is 5.78. The molecule has 2 bridgehead atoms. The van der Waals surface area contributed by atoms with Gasteiger partial charge in [-0.05, 0) is 37.5 Å². The fourth-order valence-electron chi connectivity index (χ4n) is 5.24. The maximum Gasteiger partial charge on any atom is 0.320 e. The summed E-state index contributed by atoms with van der Waals surface area (Å²) in [5, 5.41) is 12.5. The summed E-state index contributed by atoms with van der Waals surface area (Å²) in [7, 11) is 0. The molecule has 2 heterocycles. The van der Waals surface area contributed by atoms with Crippen molar-refractivity contribution >= 4 is 12.0 Å². The van der Waals surface area contributed by atoms with Crippen molar-refractivity contribution in [2.24, 2.45) is 5.41 Å². The molecular formula is C15H23N3O3. The molecule has 6 nitrogen and oxygen atoms in total. The number of piperazine rings is 1. The highest BCUT2D eigenvalue weighted by Gasteiger charge is 2.60. The van der Waals surface area contributed by atoms with Crippen molar-refractivity contribution in [1.82, 2.24) is 15.1 Å². The number of hydrogen-bond donors (Lipinski definition) is 2. The highest BCUT2D eigenvalue weighted by atomic mass is 16.4. The number of nitrogens with zero attached hydrogens (tertiary/aromatic N) is 2. The Morgan fingerprint density at radius 2 is 2.10 bits per heavy atom. The number of carboxylic acids is 1. The second-order valence-corrected chi connectivity index (χ2v) is 7.42. The number of fused-ring (bicyclic) bond motifs is 3. The smallest absolute Gasteiger partial charge is 0.320 e. The zero-order chi connectivity index (χ0) is 14.7. The monoisotopic (exact) mass is 293 g/mol. The van der Waals surface area contributed by atoms with Crippen molar-refractivity contribution in [3.8, 4) is 0 Å². The molecule has 2 saturated heterocycles. The lowest BCUT2D eigenvalue weighted by molar-refractivity contribution is -0.139. The number of carboxylic acid groups (broad SMARTS) is 1. The van der Waals surface area contributed by atoms with Crippen LogP contribution < -0.4 is 5.32 Å². The fourth-order valence-corrected chi connectivity index (χ4v) is 5.24. The maximum absolute atomic E-state index is 12.7. The van der Waals surface area contributed by atoms with Crippen LogP contribution in [0.25, 0.3) is 0 Å². The van der Waals surface area contributed by atoms with E-state index in [9.17, 15) is 9.59 Å². The van der Waals surface area contributed by atoms with Crippen LogP contribution in [0.15, 0.2) is 0 Å². The highest BCUT2D eigenvalue weighted by Crippen LogP contribution is 2.61. The van der Waals surface area contributed by atoms with Gasteiger partial charge in [0.1, 0.15) is 0 Å². The number of aliphatic carboxylic acids is 1. The SMILES string of the molecule is O=C(O)CC12CCC(N3C[C@@H]4CNCCN4C3=O)(CC1)C2. The number of hydrogen-bond acceptors (Lipinski definition) is 3. The Morgan fingerprint density at radius 3 is 2.76 bits per heavy atom. The summed E-state index contributed by atoms with van der Waals surface area (Å²) in [4.78, 5) is 28.0. The molecule has 2 saturated carbocycles. The molecule has 21 heavy (non-hydrogen) atoms. The van der Waals surface area contributed by atoms with Crippen LogP contribution >= 0.6 is 0 Å². The first-order valence-electron chi connectivity index (χ1n) is 8.05. The Labute approximate surface area is 124 Å². The molecule has 0 aromatic rings. The number of carbonyl (C=O) groups excluding carboxylic acids is 1. The first-order valence-corrected chi connectivity index (χ1v) is 8.05. The van der Waals surface area contributed by atoms with Crippen LogP contribution in [0, 0.1) is 5.41 Å². The minimum absolute atomic E-state index is 0.0482. The Balaban J connectivity index is 1.55. The minimum atomic E-state index is -0.693. The quantitative estimate of drug-likeness (QED) is 0.810. The molecule has 0 unspecified atom stereocenters. The van der Waals surface area contributed by atoms with E-state index in [0.717, 1.165) is 58.3 Å². The molecule has 116 valence electrons. The lowest BCUT2D eigenvalue weighted by Gasteiger charge is -2.36. The van der Waals surface area contributed by atoms with Gasteiger partial charge in [0, 0.05) is 31.7 Å². The predicted molar refractivity (Wildman–Crippen MR) is 76.0 cm³/mol. The van der Waals surface area contributed by atoms with Crippen LogP contribution in [-0.4, -0.2) is 64.7 Å². The van der Waals surface area contributed by atoms with Gasteiger partial charge in [-0.2, -0.15) is 0 Å². The van der Waals surface area contributed by atoms with E-state index in [1.165, 1.54) is 0 Å². The molecule has 2 amide bonds. The van der Waals surface area contributed by atoms with Crippen molar-refractivity contribution in [3.63, 3.8) is 0 Å². The van der Waals surface area contributed by atoms with Crippen molar-refractivity contribution in [1.29, 1.82) is 0 Å². The molecule has 6 heteroatoms. The first-order chi connectivity index (χ1) is 10.0. The van der Waals surface area contributed by atoms with E-state index in [2.05, 4.69) is 10.2 Å². The summed E-state index contributed by atoms with van der Waals surface area (Å²) in [6, 6.07) is 0.491. The lowest BCUT2D eigenvalue weighted by Crippen LogP contribution is -2.50. The van der Waals surface area contributed by atoms with Gasteiger partial charge in [-0.3, -0.25) is 4.79 Å². The van der Waals surface area contributed by atoms with Gasteiger partial charge in [-0.15, -0.1) is 0 Å². The average Bonchev–Trinajstić information content (AvgIpc) is 3.09. The summed E-state index contributed by atoms with van der Waals surface area (Å²) < 4.78 is 0. The average molecular weight is 293 g/mol. The molecule has 1 atom stereocenters. The lowest BCUT2D eigenvalue weighted by atomic mass is 9.81. The first kappa shape index (κ1) is 13.4. The standard InChI is InChI=1S/C15H23N3O3/c19-12(20)7-14-1-3-15(10-14,4-2-14)18-9-11-8-16-5-6-17(11)13(18)21/h11,16H,1-10H2,(H,19,20)/t11-,14?,15?/m0/s1. The Morgan fingerprint density at radius 1 is 1.33 bits per heavy atom. The number of nitrogens with one attached hydrogen (secondary N) is 1. The van der Waals surface area contributed by atoms with Gasteiger partial charge in [0.2, 0.25) is 0 Å². The third-order valence-electron chi connectivity index (χ3n) is 6.26. The molecule has 0 aromatic heterocycles. The van der Waals surface area contributed by atoms with Gasteiger partial charge in [0.25, 0.3) is 0 Å². The molecule has 2 aliphatic heterocycles. The number of rotatable bonds is 3. The molecule has 4 aliphatic rings. The van der Waals surface area contributed by atoms with E-state index in [1.54, 1.807) is 0 Å². The maximum atomic E-state index is 12.7.